The van der Waals surface area contributed by atoms with Crippen LogP contribution in [0.1, 0.15) is 5.56 Å². The first-order valence-corrected chi connectivity index (χ1v) is 5.71. The van der Waals surface area contributed by atoms with Crippen molar-refractivity contribution in [1.29, 1.82) is 0 Å². The zero-order valence-corrected chi connectivity index (χ0v) is 10.6. The highest BCUT2D eigenvalue weighted by molar-refractivity contribution is 7.71. The van der Waals surface area contributed by atoms with E-state index >= 15 is 0 Å². The van der Waals surface area contributed by atoms with Gasteiger partial charge >= 0.3 is 0 Å². The third kappa shape index (κ3) is 2.74. The summed E-state index contributed by atoms with van der Waals surface area (Å²) in [6.07, 6.45) is 1.13. The van der Waals surface area contributed by atoms with Crippen molar-refractivity contribution in [2.45, 2.75) is 6.42 Å². The molecular formula is C10H8ClFN4OS. The molecule has 8 heteroatoms. The maximum absolute atomic E-state index is 13.5. The summed E-state index contributed by atoms with van der Waals surface area (Å²) >= 11 is 10.7. The van der Waals surface area contributed by atoms with Crippen LogP contribution in [0.4, 0.5) is 4.39 Å². The summed E-state index contributed by atoms with van der Waals surface area (Å²) in [6, 6.07) is 4.25. The van der Waals surface area contributed by atoms with E-state index in [0.29, 0.717) is 0 Å². The number of amides is 1. The van der Waals surface area contributed by atoms with Gasteiger partial charge in [-0.2, -0.15) is 5.10 Å². The molecule has 2 aromatic rings. The van der Waals surface area contributed by atoms with Gasteiger partial charge in [-0.05, 0) is 24.4 Å². The Kier molecular flexibility index (Phi) is 3.73. The molecule has 1 amide bonds. The monoisotopic (exact) mass is 286 g/mol. The smallest absolute Gasteiger partial charge is 0.243 e. The second-order valence-corrected chi connectivity index (χ2v) is 4.24. The van der Waals surface area contributed by atoms with Crippen LogP contribution in [0.15, 0.2) is 24.5 Å². The molecule has 0 bridgehead atoms. The maximum atomic E-state index is 13.5. The first kappa shape index (κ1) is 12.7. The number of halogens is 2. The van der Waals surface area contributed by atoms with Gasteiger partial charge in [-0.1, -0.05) is 17.7 Å². The third-order valence-corrected chi connectivity index (χ3v) is 2.84. The van der Waals surface area contributed by atoms with Gasteiger partial charge in [-0.3, -0.25) is 15.3 Å². The van der Waals surface area contributed by atoms with Crippen LogP contribution in [0.25, 0.3) is 0 Å². The quantitative estimate of drug-likeness (QED) is 0.849. The van der Waals surface area contributed by atoms with Crippen LogP contribution in [0.5, 0.6) is 0 Å². The molecule has 0 aliphatic carbocycles. The molecule has 1 heterocycles. The predicted molar refractivity (Wildman–Crippen MR) is 66.9 cm³/mol. The Morgan fingerprint density at radius 1 is 1.61 bits per heavy atom. The van der Waals surface area contributed by atoms with E-state index in [2.05, 4.69) is 15.6 Å². The van der Waals surface area contributed by atoms with Gasteiger partial charge in [0.1, 0.15) is 12.1 Å². The lowest BCUT2D eigenvalue weighted by atomic mass is 10.1. The second kappa shape index (κ2) is 5.28. The van der Waals surface area contributed by atoms with E-state index in [1.165, 1.54) is 29.2 Å². The molecule has 2 N–H and O–H groups in total. The van der Waals surface area contributed by atoms with E-state index in [1.54, 1.807) is 0 Å². The van der Waals surface area contributed by atoms with Crippen molar-refractivity contribution < 1.29 is 9.18 Å². The van der Waals surface area contributed by atoms with E-state index in [4.69, 9.17) is 23.8 Å². The number of aromatic nitrogens is 3. The Hall–Kier alpha value is -1.73. The van der Waals surface area contributed by atoms with Crippen molar-refractivity contribution in [1.82, 2.24) is 14.9 Å². The Balaban J connectivity index is 2.13. The average Bonchev–Trinajstić information content (AvgIpc) is 2.70. The van der Waals surface area contributed by atoms with E-state index < -0.39 is 11.7 Å². The first-order chi connectivity index (χ1) is 8.58. The Bertz CT molecular complexity index is 619. The first-order valence-electron chi connectivity index (χ1n) is 4.92. The zero-order chi connectivity index (χ0) is 13.1. The van der Waals surface area contributed by atoms with Crippen molar-refractivity contribution >= 4 is 29.7 Å². The molecule has 94 valence electrons. The minimum Gasteiger partial charge on any atom is -0.273 e. The van der Waals surface area contributed by atoms with Gasteiger partial charge in [0.05, 0.1) is 6.42 Å². The lowest BCUT2D eigenvalue weighted by molar-refractivity contribution is -0.116. The van der Waals surface area contributed by atoms with Crippen molar-refractivity contribution in [3.05, 3.63) is 45.7 Å². The van der Waals surface area contributed by atoms with Crippen molar-refractivity contribution in [2.75, 3.05) is 5.43 Å². The summed E-state index contributed by atoms with van der Waals surface area (Å²) in [6.45, 7) is 0. The van der Waals surface area contributed by atoms with E-state index in [1.807, 2.05) is 0 Å². The van der Waals surface area contributed by atoms with Crippen LogP contribution >= 0.6 is 23.8 Å². The van der Waals surface area contributed by atoms with Gasteiger partial charge in [0.15, 0.2) is 0 Å². The van der Waals surface area contributed by atoms with Crippen LogP contribution in [-0.4, -0.2) is 20.8 Å². The molecule has 0 unspecified atom stereocenters. The van der Waals surface area contributed by atoms with E-state index in [0.717, 1.165) is 0 Å². The average molecular weight is 287 g/mol. The number of H-pyrrole nitrogens is 1. The maximum Gasteiger partial charge on any atom is 0.243 e. The molecule has 18 heavy (non-hydrogen) atoms. The molecule has 1 aromatic carbocycles. The molecule has 0 aliphatic heterocycles. The molecular weight excluding hydrogens is 279 g/mol. The van der Waals surface area contributed by atoms with Crippen LogP contribution in [0, 0.1) is 10.6 Å². The summed E-state index contributed by atoms with van der Waals surface area (Å²) in [5, 5.41) is 6.32. The van der Waals surface area contributed by atoms with E-state index in [-0.39, 0.29) is 21.8 Å². The number of carbonyl (C=O) groups is 1. The fourth-order valence-corrected chi connectivity index (χ4v) is 1.74. The van der Waals surface area contributed by atoms with Gasteiger partial charge < -0.3 is 0 Å². The standard InChI is InChI=1S/C10H8ClFN4OS/c11-7-2-1-3-8(12)6(7)4-9(17)15-16-5-13-14-10(16)18/h1-3,5H,4H2,(H,14,18)(H,15,17). The van der Waals surface area contributed by atoms with Gasteiger partial charge in [0, 0.05) is 10.6 Å². The predicted octanol–water partition coefficient (Wildman–Crippen LogP) is 2.05. The topological polar surface area (TPSA) is 62.7 Å². The zero-order valence-electron chi connectivity index (χ0n) is 8.98. The molecule has 5 nitrogen and oxygen atoms in total. The summed E-state index contributed by atoms with van der Waals surface area (Å²) in [5.41, 5.74) is 2.59. The Morgan fingerprint density at radius 3 is 3.00 bits per heavy atom. The lowest BCUT2D eigenvalue weighted by Gasteiger charge is -2.07. The molecule has 1 aromatic heterocycles. The molecule has 0 saturated heterocycles. The number of benzene rings is 1. The number of hydrogen-bond donors (Lipinski definition) is 2. The number of nitrogens with one attached hydrogen (secondary N) is 2. The van der Waals surface area contributed by atoms with E-state index in [9.17, 15) is 9.18 Å². The SMILES string of the molecule is O=C(Cc1c(F)cccc1Cl)Nn1cn[nH]c1=S. The number of rotatable bonds is 3. The summed E-state index contributed by atoms with van der Waals surface area (Å²) in [7, 11) is 0. The Morgan fingerprint density at radius 2 is 2.39 bits per heavy atom. The number of carbonyl (C=O) groups excluding carboxylic acids is 1. The number of nitrogens with zero attached hydrogens (tertiary/aromatic N) is 2. The summed E-state index contributed by atoms with van der Waals surface area (Å²) in [5.74, 6) is -0.965. The highest BCUT2D eigenvalue weighted by atomic mass is 35.5. The third-order valence-electron chi connectivity index (χ3n) is 2.20. The largest absolute Gasteiger partial charge is 0.273 e. The normalized spacial score (nSPS) is 10.3. The summed E-state index contributed by atoms with van der Waals surface area (Å²) < 4.78 is 14.9. The van der Waals surface area contributed by atoms with Crippen LogP contribution in [0.3, 0.4) is 0 Å². The lowest BCUT2D eigenvalue weighted by Crippen LogP contribution is -2.24. The molecule has 0 radical (unpaired) electrons. The van der Waals surface area contributed by atoms with Crippen LogP contribution in [0.2, 0.25) is 5.02 Å². The number of hydrogen-bond acceptors (Lipinski definition) is 3. The van der Waals surface area contributed by atoms with Gasteiger partial charge in [-0.25, -0.2) is 9.07 Å². The van der Waals surface area contributed by atoms with Gasteiger partial charge in [0.2, 0.25) is 10.7 Å². The minimum atomic E-state index is -0.520. The molecule has 0 saturated carbocycles. The molecule has 2 rings (SSSR count). The minimum absolute atomic E-state index is 0.145. The van der Waals surface area contributed by atoms with Crippen molar-refractivity contribution in [3.8, 4) is 0 Å². The van der Waals surface area contributed by atoms with Gasteiger partial charge in [0.25, 0.3) is 0 Å². The molecule has 0 atom stereocenters. The van der Waals surface area contributed by atoms with Crippen LogP contribution < -0.4 is 5.43 Å². The summed E-state index contributed by atoms with van der Waals surface area (Å²) in [4.78, 5) is 11.7. The second-order valence-electron chi connectivity index (χ2n) is 3.44. The molecule has 0 spiro atoms. The highest BCUT2D eigenvalue weighted by Gasteiger charge is 2.12. The van der Waals surface area contributed by atoms with Crippen molar-refractivity contribution in [3.63, 3.8) is 0 Å². The van der Waals surface area contributed by atoms with Gasteiger partial charge in [-0.15, -0.1) is 0 Å². The fraction of sp³-hybridized carbons (Fsp3) is 0.100. The highest BCUT2D eigenvalue weighted by Crippen LogP contribution is 2.19. The van der Waals surface area contributed by atoms with Crippen LogP contribution in [-0.2, 0) is 11.2 Å². The number of aromatic amines is 1. The molecule has 0 fully saturated rings. The molecule has 0 aliphatic rings. The Labute approximate surface area is 112 Å². The van der Waals surface area contributed by atoms with Crippen molar-refractivity contribution in [2.24, 2.45) is 0 Å². The fourth-order valence-electron chi connectivity index (χ4n) is 1.36.